The molecular weight excluding hydrogens is 354 g/mol. The third kappa shape index (κ3) is 3.77. The van der Waals surface area contributed by atoms with Gasteiger partial charge in [-0.15, -0.1) is 11.3 Å². The summed E-state index contributed by atoms with van der Waals surface area (Å²) >= 11 is 1.22. The first-order valence-electron chi connectivity index (χ1n) is 8.11. The number of hydrogen-bond donors (Lipinski definition) is 1. The molecule has 0 atom stereocenters. The van der Waals surface area contributed by atoms with Crippen molar-refractivity contribution >= 4 is 27.0 Å². The van der Waals surface area contributed by atoms with Crippen LogP contribution in [0.5, 0.6) is 0 Å². The van der Waals surface area contributed by atoms with E-state index in [4.69, 9.17) is 0 Å². The number of nitrogens with zero attached hydrogens (tertiary/aromatic N) is 2. The lowest BCUT2D eigenvalue weighted by Gasteiger charge is -2.09. The number of anilines is 1. The highest BCUT2D eigenvalue weighted by Crippen LogP contribution is 2.30. The molecule has 3 rings (SSSR count). The molecule has 7 heteroatoms. The molecule has 0 aliphatic rings. The van der Waals surface area contributed by atoms with E-state index in [0.717, 1.165) is 35.3 Å². The maximum Gasteiger partial charge on any atom is 0.271 e. The van der Waals surface area contributed by atoms with E-state index in [1.165, 1.54) is 11.3 Å². The number of nitrogens with one attached hydrogen (secondary N) is 1. The second-order valence-corrected chi connectivity index (χ2v) is 8.84. The fraction of sp³-hybridized carbons (Fsp3) is 0.278. The first-order chi connectivity index (χ1) is 11.9. The number of aromatic nitrogens is 2. The molecule has 132 valence electrons. The number of benzene rings is 1. The maximum absolute atomic E-state index is 12.7. The molecule has 0 aliphatic heterocycles. The van der Waals surface area contributed by atoms with Gasteiger partial charge in [-0.2, -0.15) is 5.10 Å². The van der Waals surface area contributed by atoms with Crippen molar-refractivity contribution in [2.75, 3.05) is 4.72 Å². The quantitative estimate of drug-likeness (QED) is 0.693. The van der Waals surface area contributed by atoms with Crippen LogP contribution in [-0.2, 0) is 16.6 Å². The first kappa shape index (κ1) is 17.7. The summed E-state index contributed by atoms with van der Waals surface area (Å²) in [5, 5.41) is 6.16. The van der Waals surface area contributed by atoms with Crippen molar-refractivity contribution in [1.82, 2.24) is 9.78 Å². The van der Waals surface area contributed by atoms with Crippen LogP contribution < -0.4 is 4.72 Å². The highest BCUT2D eigenvalue weighted by Gasteiger charge is 2.19. The van der Waals surface area contributed by atoms with Crippen LogP contribution in [-0.4, -0.2) is 18.2 Å². The van der Waals surface area contributed by atoms with Crippen molar-refractivity contribution in [2.24, 2.45) is 0 Å². The molecule has 0 unspecified atom stereocenters. The van der Waals surface area contributed by atoms with Crippen molar-refractivity contribution in [3.05, 3.63) is 53.0 Å². The Hall–Kier alpha value is -2.12. The number of sulfonamides is 1. The number of aryl methyl sites for hydroxylation is 3. The SMILES string of the molecule is CCCn1nccc1-c1csc(S(=O)(=O)Nc2ccc(C)cc2C)c1. The Morgan fingerprint density at radius 3 is 2.72 bits per heavy atom. The Kier molecular flexibility index (Phi) is 4.96. The molecule has 0 saturated heterocycles. The fourth-order valence-corrected chi connectivity index (χ4v) is 4.99. The molecule has 2 aromatic heterocycles. The Labute approximate surface area is 152 Å². The summed E-state index contributed by atoms with van der Waals surface area (Å²) in [5.74, 6) is 0. The molecular formula is C18H21N3O2S2. The zero-order valence-corrected chi connectivity index (χ0v) is 16.1. The smallest absolute Gasteiger partial charge is 0.271 e. The van der Waals surface area contributed by atoms with Crippen molar-refractivity contribution < 1.29 is 8.42 Å². The minimum absolute atomic E-state index is 0.298. The predicted octanol–water partition coefficient (Wildman–Crippen LogP) is 4.44. The van der Waals surface area contributed by atoms with E-state index in [0.29, 0.717) is 9.90 Å². The molecule has 0 aliphatic carbocycles. The highest BCUT2D eigenvalue weighted by atomic mass is 32.2. The number of thiophene rings is 1. The van der Waals surface area contributed by atoms with E-state index in [9.17, 15) is 8.42 Å². The van der Waals surface area contributed by atoms with Crippen molar-refractivity contribution in [2.45, 2.75) is 37.9 Å². The average molecular weight is 376 g/mol. The van der Waals surface area contributed by atoms with E-state index in [1.54, 1.807) is 18.3 Å². The maximum atomic E-state index is 12.7. The molecule has 0 amide bonds. The Balaban J connectivity index is 1.89. The van der Waals surface area contributed by atoms with Gasteiger partial charge in [-0.05, 0) is 44.0 Å². The lowest BCUT2D eigenvalue weighted by atomic mass is 10.1. The van der Waals surface area contributed by atoms with Gasteiger partial charge in [0, 0.05) is 23.7 Å². The first-order valence-corrected chi connectivity index (χ1v) is 10.5. The summed E-state index contributed by atoms with van der Waals surface area (Å²) in [4.78, 5) is 0. The third-order valence-corrected chi connectivity index (χ3v) is 6.72. The van der Waals surface area contributed by atoms with E-state index in [-0.39, 0.29) is 0 Å². The second kappa shape index (κ2) is 7.01. The molecule has 5 nitrogen and oxygen atoms in total. The molecule has 0 radical (unpaired) electrons. The lowest BCUT2D eigenvalue weighted by molar-refractivity contribution is 0.603. The van der Waals surface area contributed by atoms with Gasteiger partial charge in [0.1, 0.15) is 4.21 Å². The van der Waals surface area contributed by atoms with Crippen molar-refractivity contribution in [3.8, 4) is 11.3 Å². The van der Waals surface area contributed by atoms with E-state index < -0.39 is 10.0 Å². The molecule has 1 aromatic carbocycles. The molecule has 0 spiro atoms. The van der Waals surface area contributed by atoms with Gasteiger partial charge in [0.05, 0.1) is 11.4 Å². The average Bonchev–Trinajstić information content (AvgIpc) is 3.19. The fourth-order valence-electron chi connectivity index (χ4n) is 2.68. The molecule has 0 bridgehead atoms. The van der Waals surface area contributed by atoms with Gasteiger partial charge < -0.3 is 0 Å². The van der Waals surface area contributed by atoms with E-state index in [2.05, 4.69) is 16.7 Å². The van der Waals surface area contributed by atoms with Crippen LogP contribution in [0.2, 0.25) is 0 Å². The van der Waals surface area contributed by atoms with Crippen LogP contribution in [0, 0.1) is 13.8 Å². The molecule has 3 aromatic rings. The summed E-state index contributed by atoms with van der Waals surface area (Å²) < 4.78 is 30.3. The summed E-state index contributed by atoms with van der Waals surface area (Å²) in [6, 6.07) is 9.27. The molecule has 1 N–H and O–H groups in total. The van der Waals surface area contributed by atoms with Gasteiger partial charge in [0.2, 0.25) is 0 Å². The van der Waals surface area contributed by atoms with Gasteiger partial charge >= 0.3 is 0 Å². The summed E-state index contributed by atoms with van der Waals surface area (Å²) in [6.45, 7) is 6.77. The summed E-state index contributed by atoms with van der Waals surface area (Å²) in [6.07, 6.45) is 2.71. The normalized spacial score (nSPS) is 11.6. The Morgan fingerprint density at radius 2 is 2.00 bits per heavy atom. The zero-order valence-electron chi connectivity index (χ0n) is 14.5. The number of hydrogen-bond acceptors (Lipinski definition) is 4. The molecule has 25 heavy (non-hydrogen) atoms. The Morgan fingerprint density at radius 1 is 1.20 bits per heavy atom. The topological polar surface area (TPSA) is 64.0 Å². The predicted molar refractivity (Wildman–Crippen MR) is 103 cm³/mol. The largest absolute Gasteiger partial charge is 0.279 e. The number of rotatable bonds is 6. The zero-order chi connectivity index (χ0) is 18.0. The molecule has 0 saturated carbocycles. The van der Waals surface area contributed by atoms with E-state index in [1.807, 2.05) is 42.1 Å². The monoisotopic (exact) mass is 375 g/mol. The minimum atomic E-state index is -3.61. The summed E-state index contributed by atoms with van der Waals surface area (Å²) in [7, 11) is -3.61. The van der Waals surface area contributed by atoms with Crippen LogP contribution >= 0.6 is 11.3 Å². The standard InChI is InChI=1S/C18H21N3O2S2/c1-4-9-21-17(7-8-19-21)15-11-18(24-12-15)25(22,23)20-16-6-5-13(2)10-14(16)3/h5-8,10-12,20H,4,9H2,1-3H3. The van der Waals surface area contributed by atoms with Crippen LogP contribution in [0.4, 0.5) is 5.69 Å². The van der Waals surface area contributed by atoms with Gasteiger partial charge in [0.15, 0.2) is 0 Å². The van der Waals surface area contributed by atoms with Crippen molar-refractivity contribution in [3.63, 3.8) is 0 Å². The summed E-state index contributed by atoms with van der Waals surface area (Å²) in [5.41, 5.74) is 4.42. The van der Waals surface area contributed by atoms with Crippen LogP contribution in [0.25, 0.3) is 11.3 Å². The van der Waals surface area contributed by atoms with Crippen LogP contribution in [0.3, 0.4) is 0 Å². The van der Waals surface area contributed by atoms with Crippen LogP contribution in [0.15, 0.2) is 46.1 Å². The van der Waals surface area contributed by atoms with Gasteiger partial charge in [-0.25, -0.2) is 8.42 Å². The second-order valence-electron chi connectivity index (χ2n) is 6.02. The minimum Gasteiger partial charge on any atom is -0.279 e. The third-order valence-electron chi connectivity index (χ3n) is 3.91. The van der Waals surface area contributed by atoms with Gasteiger partial charge in [0.25, 0.3) is 10.0 Å². The highest BCUT2D eigenvalue weighted by molar-refractivity contribution is 7.94. The molecule has 2 heterocycles. The lowest BCUT2D eigenvalue weighted by Crippen LogP contribution is -2.12. The molecule has 0 fully saturated rings. The van der Waals surface area contributed by atoms with Gasteiger partial charge in [-0.1, -0.05) is 24.6 Å². The van der Waals surface area contributed by atoms with Crippen LogP contribution in [0.1, 0.15) is 24.5 Å². The van der Waals surface area contributed by atoms with Crippen molar-refractivity contribution in [1.29, 1.82) is 0 Å². The Bertz CT molecular complexity index is 987. The van der Waals surface area contributed by atoms with Gasteiger partial charge in [-0.3, -0.25) is 9.40 Å². The van der Waals surface area contributed by atoms with E-state index >= 15 is 0 Å².